The molecule has 0 spiro atoms. The number of nitrogens with one attached hydrogen (secondary N) is 1. The van der Waals surface area contributed by atoms with Crippen LogP contribution in [0.5, 0.6) is 0 Å². The number of nitrogens with zero attached hydrogens (tertiary/aromatic N) is 2. The van der Waals surface area contributed by atoms with Crippen molar-refractivity contribution in [2.45, 2.75) is 58.7 Å². The van der Waals surface area contributed by atoms with Crippen molar-refractivity contribution >= 4 is 52.8 Å². The molecule has 0 fully saturated rings. The minimum Gasteiger partial charge on any atom is -0.462 e. The average Bonchev–Trinajstić information content (AvgIpc) is 3.33. The van der Waals surface area contributed by atoms with E-state index in [0.717, 1.165) is 45.6 Å². The highest BCUT2D eigenvalue weighted by Crippen LogP contribution is 2.39. The molecular weight excluding hydrogens is 450 g/mol. The van der Waals surface area contributed by atoms with Gasteiger partial charge in [-0.25, -0.2) is 4.79 Å². The molecule has 1 aromatic carbocycles. The van der Waals surface area contributed by atoms with Gasteiger partial charge in [-0.3, -0.25) is 4.98 Å². The van der Waals surface area contributed by atoms with Gasteiger partial charge < -0.3 is 14.6 Å². The second kappa shape index (κ2) is 8.91. The normalized spacial score (nSPS) is 15.0. The van der Waals surface area contributed by atoms with Crippen molar-refractivity contribution in [3.63, 3.8) is 0 Å². The maximum Gasteiger partial charge on any atom is 0.350 e. The van der Waals surface area contributed by atoms with E-state index in [1.54, 1.807) is 12.4 Å². The number of oxime groups is 1. The molecule has 0 unspecified atom stereocenters. The van der Waals surface area contributed by atoms with Gasteiger partial charge in [-0.2, -0.15) is 0 Å². The summed E-state index contributed by atoms with van der Waals surface area (Å²) in [5, 5.41) is 9.15. The molecule has 3 aromatic rings. The van der Waals surface area contributed by atoms with Crippen molar-refractivity contribution in [1.29, 1.82) is 0 Å². The second-order valence-electron chi connectivity index (χ2n) is 9.78. The molecule has 0 bridgehead atoms. The Balaban J connectivity index is 1.62. The summed E-state index contributed by atoms with van der Waals surface area (Å²) < 4.78 is 12.4. The molecule has 2 heterocycles. The predicted molar refractivity (Wildman–Crippen MR) is 138 cm³/mol. The van der Waals surface area contributed by atoms with Crippen LogP contribution in [0.15, 0.2) is 41.8 Å². The summed E-state index contributed by atoms with van der Waals surface area (Å²) in [7, 11) is -1.95. The maximum absolute atomic E-state index is 12.6. The molecule has 0 radical (unpaired) electrons. The Kier molecular flexibility index (Phi) is 6.33. The van der Waals surface area contributed by atoms with Crippen molar-refractivity contribution in [1.82, 2.24) is 4.98 Å². The molecule has 6 nitrogen and oxygen atoms in total. The van der Waals surface area contributed by atoms with E-state index in [9.17, 15) is 4.79 Å². The number of hydrogen-bond acceptors (Lipinski definition) is 7. The number of pyridine rings is 1. The summed E-state index contributed by atoms with van der Waals surface area (Å²) in [6, 6.07) is 8.20. The Morgan fingerprint density at radius 2 is 2.03 bits per heavy atom. The third-order valence-electron chi connectivity index (χ3n) is 6.46. The summed E-state index contributed by atoms with van der Waals surface area (Å²) >= 11 is 1.40. The minimum absolute atomic E-state index is 0.113. The lowest BCUT2D eigenvalue weighted by molar-refractivity contribution is 0.0533. The van der Waals surface area contributed by atoms with E-state index in [2.05, 4.69) is 61.5 Å². The molecule has 0 aliphatic heterocycles. The molecule has 0 saturated carbocycles. The van der Waals surface area contributed by atoms with Gasteiger partial charge >= 0.3 is 5.97 Å². The summed E-state index contributed by atoms with van der Waals surface area (Å²) in [4.78, 5) is 17.3. The number of anilines is 2. The third-order valence-corrected chi connectivity index (χ3v) is 11.7. The standard InChI is InChI=1S/C25H31N3O3SSi/c1-7-30-24(29)23-22(19-12-13-26-15-21(19)32-23)27-17-9-10-18-16(14-17)8-11-20(18)28-31-33(5,6)25(2,3)4/h9-10,12-15,27H,7-8,11H2,1-6H3. The van der Waals surface area contributed by atoms with E-state index >= 15 is 0 Å². The molecule has 1 aliphatic rings. The zero-order valence-electron chi connectivity index (χ0n) is 20.1. The van der Waals surface area contributed by atoms with Crippen LogP contribution in [0.2, 0.25) is 18.1 Å². The zero-order valence-corrected chi connectivity index (χ0v) is 21.9. The van der Waals surface area contributed by atoms with Crippen LogP contribution in [0.1, 0.15) is 54.9 Å². The van der Waals surface area contributed by atoms with Crippen LogP contribution in [-0.2, 0) is 15.7 Å². The Morgan fingerprint density at radius 3 is 2.76 bits per heavy atom. The fourth-order valence-corrected chi connectivity index (χ4v) is 5.14. The number of ether oxygens (including phenoxy) is 1. The summed E-state index contributed by atoms with van der Waals surface area (Å²) in [5.74, 6) is -0.320. The van der Waals surface area contributed by atoms with Crippen LogP contribution in [0.3, 0.4) is 0 Å². The fraction of sp³-hybridized carbons (Fsp3) is 0.400. The molecule has 0 amide bonds. The third kappa shape index (κ3) is 4.68. The van der Waals surface area contributed by atoms with E-state index in [0.29, 0.717) is 11.5 Å². The minimum atomic E-state index is -1.95. The number of hydrogen-bond donors (Lipinski definition) is 1. The number of carbonyl (C=O) groups excluding carboxylic acids is 1. The molecule has 0 atom stereocenters. The Morgan fingerprint density at radius 1 is 1.24 bits per heavy atom. The average molecular weight is 482 g/mol. The molecule has 0 saturated heterocycles. The van der Waals surface area contributed by atoms with Gasteiger partial charge in [0.25, 0.3) is 8.32 Å². The van der Waals surface area contributed by atoms with Gasteiger partial charge in [0.15, 0.2) is 0 Å². The van der Waals surface area contributed by atoms with Crippen molar-refractivity contribution in [3.05, 3.63) is 52.7 Å². The first-order valence-corrected chi connectivity index (χ1v) is 15.0. The quantitative estimate of drug-likeness (QED) is 0.236. The Hall–Kier alpha value is -2.71. The van der Waals surface area contributed by atoms with Gasteiger partial charge in [0.2, 0.25) is 0 Å². The van der Waals surface area contributed by atoms with Crippen molar-refractivity contribution in [2.75, 3.05) is 11.9 Å². The van der Waals surface area contributed by atoms with Crippen LogP contribution in [-0.4, -0.2) is 31.6 Å². The number of aryl methyl sites for hydroxylation is 1. The fourth-order valence-electron chi connectivity index (χ4n) is 3.51. The van der Waals surface area contributed by atoms with Gasteiger partial charge in [-0.1, -0.05) is 26.8 Å². The van der Waals surface area contributed by atoms with E-state index in [-0.39, 0.29) is 11.0 Å². The van der Waals surface area contributed by atoms with Gasteiger partial charge in [-0.15, -0.1) is 16.5 Å². The van der Waals surface area contributed by atoms with Crippen LogP contribution in [0.25, 0.3) is 10.1 Å². The smallest absolute Gasteiger partial charge is 0.350 e. The number of aromatic nitrogens is 1. The number of rotatable bonds is 6. The molecule has 1 aliphatic carbocycles. The summed E-state index contributed by atoms with van der Waals surface area (Å²) in [6.07, 6.45) is 5.31. The molecule has 174 valence electrons. The van der Waals surface area contributed by atoms with Gasteiger partial charge in [0.05, 0.1) is 22.7 Å². The van der Waals surface area contributed by atoms with Crippen LogP contribution in [0, 0.1) is 0 Å². The second-order valence-corrected chi connectivity index (χ2v) is 15.5. The highest BCUT2D eigenvalue weighted by Gasteiger charge is 2.40. The van der Waals surface area contributed by atoms with Crippen molar-refractivity contribution in [2.24, 2.45) is 5.16 Å². The number of esters is 1. The molecule has 8 heteroatoms. The molecule has 33 heavy (non-hydrogen) atoms. The number of carbonyl (C=O) groups is 1. The van der Waals surface area contributed by atoms with E-state index in [1.807, 2.05) is 19.1 Å². The zero-order chi connectivity index (χ0) is 23.8. The summed E-state index contributed by atoms with van der Waals surface area (Å²) in [5.41, 5.74) is 5.09. The molecule has 4 rings (SSSR count). The SMILES string of the molecule is CCOC(=O)c1sc2cnccc2c1Nc1ccc2c(c1)CCC2=NO[Si](C)(C)C(C)(C)C. The molecule has 2 aromatic heterocycles. The molecule has 1 N–H and O–H groups in total. The first-order valence-electron chi connectivity index (χ1n) is 11.3. The van der Waals surface area contributed by atoms with Gasteiger partial charge in [0.1, 0.15) is 4.88 Å². The lowest BCUT2D eigenvalue weighted by Crippen LogP contribution is -2.39. The van der Waals surface area contributed by atoms with E-state index < -0.39 is 8.32 Å². The lowest BCUT2D eigenvalue weighted by Gasteiger charge is -2.33. The van der Waals surface area contributed by atoms with Crippen LogP contribution < -0.4 is 5.32 Å². The number of fused-ring (bicyclic) bond motifs is 2. The highest BCUT2D eigenvalue weighted by atomic mass is 32.1. The van der Waals surface area contributed by atoms with Crippen LogP contribution >= 0.6 is 11.3 Å². The Labute approximate surface area is 200 Å². The first kappa shape index (κ1) is 23.4. The highest BCUT2D eigenvalue weighted by molar-refractivity contribution is 7.21. The maximum atomic E-state index is 12.6. The van der Waals surface area contributed by atoms with E-state index in [4.69, 9.17) is 9.26 Å². The molecular formula is C25H31N3O3SSi. The van der Waals surface area contributed by atoms with E-state index in [1.165, 1.54) is 16.9 Å². The van der Waals surface area contributed by atoms with Gasteiger partial charge in [0, 0.05) is 29.0 Å². The topological polar surface area (TPSA) is 72.8 Å². The van der Waals surface area contributed by atoms with Crippen molar-refractivity contribution in [3.8, 4) is 0 Å². The largest absolute Gasteiger partial charge is 0.462 e. The monoisotopic (exact) mass is 481 g/mol. The van der Waals surface area contributed by atoms with Gasteiger partial charge in [-0.05, 0) is 61.7 Å². The number of thiophene rings is 1. The predicted octanol–water partition coefficient (Wildman–Crippen LogP) is 6.89. The number of benzene rings is 1. The lowest BCUT2D eigenvalue weighted by atomic mass is 10.1. The Bertz CT molecular complexity index is 1230. The van der Waals surface area contributed by atoms with Crippen LogP contribution in [0.4, 0.5) is 11.4 Å². The summed E-state index contributed by atoms with van der Waals surface area (Å²) in [6.45, 7) is 13.2. The van der Waals surface area contributed by atoms with Crippen molar-refractivity contribution < 1.29 is 14.1 Å². The first-order chi connectivity index (χ1) is 15.6.